The van der Waals surface area contributed by atoms with Gasteiger partial charge in [-0.05, 0) is 34.1 Å². The van der Waals surface area contributed by atoms with Gasteiger partial charge in [-0.1, -0.05) is 71.1 Å². The third-order valence-corrected chi connectivity index (χ3v) is 10.3. The summed E-state index contributed by atoms with van der Waals surface area (Å²) in [5, 5.41) is 67.8. The molecule has 0 saturated carbocycles. The van der Waals surface area contributed by atoms with Gasteiger partial charge < -0.3 is 73.2 Å². The zero-order valence-corrected chi connectivity index (χ0v) is 36.9. The molecule has 1 aliphatic rings. The van der Waals surface area contributed by atoms with Crippen LogP contribution in [0.15, 0.2) is 0 Å². The van der Waals surface area contributed by atoms with Gasteiger partial charge in [0.15, 0.2) is 6.04 Å². The summed E-state index contributed by atoms with van der Waals surface area (Å²) in [7, 11) is 0. The number of esters is 1. The lowest BCUT2D eigenvalue weighted by molar-refractivity contribution is -0.172. The van der Waals surface area contributed by atoms with Crippen LogP contribution < -0.4 is 43.0 Å². The van der Waals surface area contributed by atoms with Gasteiger partial charge in [0.25, 0.3) is 0 Å². The minimum atomic E-state index is -1.93. The molecule has 0 aromatic heterocycles. The molecule has 360 valence electrons. The lowest BCUT2D eigenvalue weighted by Crippen LogP contribution is -2.61. The fourth-order valence-electron chi connectivity index (χ4n) is 6.44. The number of nitrogens with one attached hydrogen (secondary N) is 7. The van der Waals surface area contributed by atoms with E-state index in [0.717, 1.165) is 52.4 Å². The quantitative estimate of drug-likeness (QED) is 0.0461. The van der Waals surface area contributed by atoms with E-state index in [-0.39, 0.29) is 6.42 Å². The fraction of sp³-hybridized carbons (Fsp3) is 0.775. The average Bonchev–Trinajstić information content (AvgIpc) is 3.20. The maximum atomic E-state index is 13.7. The van der Waals surface area contributed by atoms with Crippen LogP contribution in [0.3, 0.4) is 0 Å². The predicted octanol–water partition coefficient (Wildman–Crippen LogP) is -3.97. The lowest BCUT2D eigenvalue weighted by Gasteiger charge is -2.34. The monoisotopic (exact) mass is 902 g/mol. The topological polar surface area (TPSA) is 374 Å². The number of primary amides is 1. The van der Waals surface area contributed by atoms with Gasteiger partial charge in [-0.2, -0.15) is 0 Å². The highest BCUT2D eigenvalue weighted by atomic mass is 16.6. The largest absolute Gasteiger partial charge is 0.457 e. The molecule has 0 spiro atoms. The highest BCUT2D eigenvalue weighted by Gasteiger charge is 2.41. The van der Waals surface area contributed by atoms with Crippen LogP contribution in [0.1, 0.15) is 118 Å². The summed E-state index contributed by atoms with van der Waals surface area (Å²) >= 11 is 0. The second kappa shape index (κ2) is 28.7. The molecule has 1 aliphatic heterocycles. The summed E-state index contributed by atoms with van der Waals surface area (Å²) in [4.78, 5) is 117. The van der Waals surface area contributed by atoms with Crippen LogP contribution >= 0.6 is 0 Å². The zero-order valence-electron chi connectivity index (χ0n) is 36.9. The molecule has 0 bridgehead atoms. The number of unbranched alkanes of at least 4 members (excludes halogenated alkanes) is 9. The summed E-state index contributed by atoms with van der Waals surface area (Å²) in [5.41, 5.74) is 3.32. The van der Waals surface area contributed by atoms with Crippen LogP contribution in [0.4, 0.5) is 0 Å². The van der Waals surface area contributed by atoms with E-state index >= 15 is 0 Å². The maximum Gasteiger partial charge on any atom is 0.331 e. The van der Waals surface area contributed by atoms with Crippen LogP contribution in [-0.4, -0.2) is 159 Å². The standard InChI is InChI=1S/C40H70N8O15/c1-6-7-8-9-10-11-12-13-14-15-16-40(5,62)28-18-30(54)44-26(20-49)36(58)43-22(2)34(56)45-25(17-29(41)53)35(57)42-19-31(55)47-32(23(3)51)38(60)46-27(21-50)37(59)48-33(24(4)52)39(61)63-28/h22-28,32-33,49-52,62H,6-21H2,1-5H3,(H2,41,53)(H,42,57)(H,43,58)(H,44,54)(H,45,56)(H,46,60)(H,47,55)(H,48,59). The van der Waals surface area contributed by atoms with E-state index < -0.39 is 146 Å². The molecule has 10 atom stereocenters. The third-order valence-electron chi connectivity index (χ3n) is 10.3. The van der Waals surface area contributed by atoms with E-state index in [0.29, 0.717) is 12.8 Å². The molecule has 1 saturated heterocycles. The Morgan fingerprint density at radius 3 is 1.71 bits per heavy atom. The first-order valence-electron chi connectivity index (χ1n) is 21.4. The van der Waals surface area contributed by atoms with Crippen LogP contribution in [0, 0.1) is 0 Å². The van der Waals surface area contributed by atoms with Gasteiger partial charge in [0.1, 0.15) is 36.3 Å². The SMILES string of the molecule is CCCCCCCCCCCCC(C)(O)C1CC(=O)NC(CO)C(=O)NC(C)C(=O)NC(CC(N)=O)C(=O)NCC(=O)NC(C(C)O)C(=O)NC(CO)C(=O)NC(C(C)O)C(=O)O1. The van der Waals surface area contributed by atoms with Gasteiger partial charge in [-0.25, -0.2) is 4.79 Å². The Hall–Kier alpha value is -4.97. The molecule has 23 nitrogen and oxygen atoms in total. The lowest BCUT2D eigenvalue weighted by atomic mass is 9.89. The molecular weight excluding hydrogens is 832 g/mol. The van der Waals surface area contributed by atoms with Crippen LogP contribution in [0.25, 0.3) is 0 Å². The highest BCUT2D eigenvalue weighted by molar-refractivity contribution is 5.98. The number of rotatable bonds is 18. The second-order valence-electron chi connectivity index (χ2n) is 16.2. The summed E-state index contributed by atoms with van der Waals surface area (Å²) in [5.74, 6) is -10.2. The van der Waals surface area contributed by atoms with Gasteiger partial charge in [-0.15, -0.1) is 0 Å². The van der Waals surface area contributed by atoms with Gasteiger partial charge in [0.2, 0.25) is 47.3 Å². The molecule has 1 heterocycles. The smallest absolute Gasteiger partial charge is 0.331 e. The van der Waals surface area contributed by atoms with Gasteiger partial charge in [0, 0.05) is 0 Å². The number of carbonyl (C=O) groups excluding carboxylic acids is 9. The van der Waals surface area contributed by atoms with Crippen LogP contribution in [0.2, 0.25) is 0 Å². The zero-order chi connectivity index (χ0) is 47.9. The molecular formula is C40H70N8O15. The van der Waals surface area contributed by atoms with Gasteiger partial charge in [-0.3, -0.25) is 38.4 Å². The molecule has 0 aromatic rings. The molecule has 63 heavy (non-hydrogen) atoms. The van der Waals surface area contributed by atoms with Crippen molar-refractivity contribution in [3.05, 3.63) is 0 Å². The first-order chi connectivity index (χ1) is 29.6. The predicted molar refractivity (Wildman–Crippen MR) is 223 cm³/mol. The second-order valence-corrected chi connectivity index (χ2v) is 16.2. The van der Waals surface area contributed by atoms with Gasteiger partial charge in [0.05, 0.1) is 50.4 Å². The summed E-state index contributed by atoms with van der Waals surface area (Å²) in [6, 6.07) is -10.5. The van der Waals surface area contributed by atoms with Crippen molar-refractivity contribution in [2.75, 3.05) is 19.8 Å². The van der Waals surface area contributed by atoms with Gasteiger partial charge >= 0.3 is 5.97 Å². The number of aliphatic hydroxyl groups is 5. The van der Waals surface area contributed by atoms with Crippen molar-refractivity contribution in [2.45, 2.75) is 178 Å². The number of cyclic esters (lactones) is 1. The minimum absolute atomic E-state index is 0.00530. The number of hydrogen-bond acceptors (Lipinski definition) is 15. The summed E-state index contributed by atoms with van der Waals surface area (Å²) in [6.07, 6.45) is 3.11. The minimum Gasteiger partial charge on any atom is -0.457 e. The van der Waals surface area contributed by atoms with Crippen LogP contribution in [0.5, 0.6) is 0 Å². The Labute approximate surface area is 367 Å². The van der Waals surface area contributed by atoms with Crippen molar-refractivity contribution >= 4 is 53.2 Å². The maximum absolute atomic E-state index is 13.7. The molecule has 0 radical (unpaired) electrons. The average molecular weight is 903 g/mol. The number of hydrogen-bond donors (Lipinski definition) is 13. The van der Waals surface area contributed by atoms with E-state index in [4.69, 9.17) is 10.5 Å². The molecule has 14 N–H and O–H groups in total. The third kappa shape index (κ3) is 20.8. The Kier molecular flexibility index (Phi) is 25.5. The number of amides is 8. The van der Waals surface area contributed by atoms with Crippen molar-refractivity contribution in [3.63, 3.8) is 0 Å². The van der Waals surface area contributed by atoms with Crippen molar-refractivity contribution in [3.8, 4) is 0 Å². The first-order valence-corrected chi connectivity index (χ1v) is 21.4. The van der Waals surface area contributed by atoms with E-state index in [9.17, 15) is 68.7 Å². The molecule has 0 aromatic carbocycles. The fourth-order valence-corrected chi connectivity index (χ4v) is 6.44. The Morgan fingerprint density at radius 1 is 0.683 bits per heavy atom. The molecule has 1 rings (SSSR count). The first kappa shape index (κ1) is 56.0. The molecule has 8 amide bonds. The number of aliphatic hydroxyl groups excluding tert-OH is 4. The van der Waals surface area contributed by atoms with E-state index in [1.807, 2.05) is 0 Å². The number of carbonyl (C=O) groups is 9. The highest BCUT2D eigenvalue weighted by Crippen LogP contribution is 2.25. The van der Waals surface area contributed by atoms with E-state index in [1.165, 1.54) is 26.7 Å². The van der Waals surface area contributed by atoms with Crippen molar-refractivity contribution in [1.29, 1.82) is 0 Å². The van der Waals surface area contributed by atoms with E-state index in [1.54, 1.807) is 0 Å². The van der Waals surface area contributed by atoms with Crippen LogP contribution in [-0.2, 0) is 47.9 Å². The Balaban J connectivity index is 3.54. The Morgan fingerprint density at radius 2 is 1.19 bits per heavy atom. The Bertz CT molecular complexity index is 1550. The summed E-state index contributed by atoms with van der Waals surface area (Å²) < 4.78 is 5.59. The number of ether oxygens (including phenoxy) is 1. The summed E-state index contributed by atoms with van der Waals surface area (Å²) in [6.45, 7) is 3.81. The normalized spacial score (nSPS) is 26.3. The van der Waals surface area contributed by atoms with Crippen molar-refractivity contribution < 1.29 is 73.4 Å². The van der Waals surface area contributed by atoms with Crippen molar-refractivity contribution in [1.82, 2.24) is 37.2 Å². The molecule has 23 heteroatoms. The molecule has 10 unspecified atom stereocenters. The molecule has 0 aliphatic carbocycles. The van der Waals surface area contributed by atoms with Crippen molar-refractivity contribution in [2.24, 2.45) is 5.73 Å². The van der Waals surface area contributed by atoms with E-state index in [2.05, 4.69) is 44.1 Å². The number of nitrogens with two attached hydrogens (primary N) is 1. The molecule has 1 fully saturated rings.